The van der Waals surface area contributed by atoms with Crippen molar-refractivity contribution in [3.8, 4) is 0 Å². The van der Waals surface area contributed by atoms with Crippen molar-refractivity contribution < 1.29 is 14.8 Å². The fourth-order valence-corrected chi connectivity index (χ4v) is 1.38. The van der Waals surface area contributed by atoms with E-state index in [-0.39, 0.29) is 11.3 Å². The summed E-state index contributed by atoms with van der Waals surface area (Å²) in [6, 6.07) is 0. The van der Waals surface area contributed by atoms with Gasteiger partial charge in [0.2, 0.25) is 0 Å². The quantitative estimate of drug-likeness (QED) is 0.456. The molecule has 0 saturated carbocycles. The second kappa shape index (κ2) is 4.92. The molecule has 14 heavy (non-hydrogen) atoms. The van der Waals surface area contributed by atoms with Crippen molar-refractivity contribution in [2.24, 2.45) is 4.99 Å². The number of hydrogen-bond donors (Lipinski definition) is 2. The third-order valence-electron chi connectivity index (χ3n) is 1.99. The van der Waals surface area contributed by atoms with Gasteiger partial charge in [0.05, 0.1) is 17.8 Å². The average Bonchev–Trinajstić information content (AvgIpc) is 2.18. The van der Waals surface area contributed by atoms with Gasteiger partial charge in [0.25, 0.3) is 0 Å². The summed E-state index contributed by atoms with van der Waals surface area (Å²) >= 11 is 0. The van der Waals surface area contributed by atoms with Crippen LogP contribution in [0.25, 0.3) is 0 Å². The summed E-state index contributed by atoms with van der Waals surface area (Å²) in [6.07, 6.45) is 3.07. The molecule has 0 aliphatic carbocycles. The number of carbonyl (C=O) groups excluding carboxylic acids is 1. The van der Waals surface area contributed by atoms with Crippen LogP contribution >= 0.6 is 0 Å². The van der Waals surface area contributed by atoms with E-state index in [0.29, 0.717) is 19.4 Å². The summed E-state index contributed by atoms with van der Waals surface area (Å²) in [7, 11) is -1.69. The molecule has 0 radical (unpaired) electrons. The Hall–Kier alpha value is -1.14. The lowest BCUT2D eigenvalue weighted by Crippen LogP contribution is -2.34. The lowest BCUT2D eigenvalue weighted by atomic mass is 9.84. The molecular formula is C8H13BN2O3. The molecule has 1 rings (SSSR count). The van der Waals surface area contributed by atoms with E-state index >= 15 is 0 Å². The van der Waals surface area contributed by atoms with Crippen LogP contribution < -0.4 is 0 Å². The van der Waals surface area contributed by atoms with Gasteiger partial charge in [0.1, 0.15) is 0 Å². The molecule has 6 heteroatoms. The van der Waals surface area contributed by atoms with Gasteiger partial charge < -0.3 is 14.9 Å². The number of aliphatic imine (C=N–C) groups is 1. The number of aldehydes is 1. The Balaban J connectivity index is 2.93. The zero-order valence-electron chi connectivity index (χ0n) is 8.05. The smallest absolute Gasteiger partial charge is 0.422 e. The van der Waals surface area contributed by atoms with Crippen LogP contribution in [-0.4, -0.2) is 47.7 Å². The largest absolute Gasteiger partial charge is 0.510 e. The van der Waals surface area contributed by atoms with E-state index in [4.69, 9.17) is 10.0 Å². The van der Waals surface area contributed by atoms with E-state index in [9.17, 15) is 4.79 Å². The first-order valence-electron chi connectivity index (χ1n) is 4.53. The lowest BCUT2D eigenvalue weighted by Gasteiger charge is -2.26. The summed E-state index contributed by atoms with van der Waals surface area (Å²) < 4.78 is 0. The molecule has 0 bridgehead atoms. The van der Waals surface area contributed by atoms with Gasteiger partial charge in [-0.05, 0) is 6.42 Å². The first kappa shape index (κ1) is 10.9. The van der Waals surface area contributed by atoms with Crippen molar-refractivity contribution in [1.29, 1.82) is 0 Å². The second-order valence-corrected chi connectivity index (χ2v) is 3.02. The molecule has 0 unspecified atom stereocenters. The van der Waals surface area contributed by atoms with Crippen LogP contribution in [0.4, 0.5) is 0 Å². The fourth-order valence-electron chi connectivity index (χ4n) is 1.38. The second-order valence-electron chi connectivity index (χ2n) is 3.02. The molecule has 1 aliphatic rings. The van der Waals surface area contributed by atoms with E-state index in [2.05, 4.69) is 4.99 Å². The highest BCUT2D eigenvalue weighted by Crippen LogP contribution is 2.14. The molecule has 76 valence electrons. The third kappa shape index (κ3) is 2.21. The monoisotopic (exact) mass is 196 g/mol. The standard InChI is InChI=1S/C8H13BN2O3/c1-2-4-11-5-3-10-8(9(13)14)7(11)6-12/h3,6,13-14H,2,4-5H2,1H3. The lowest BCUT2D eigenvalue weighted by molar-refractivity contribution is -0.106. The van der Waals surface area contributed by atoms with Gasteiger partial charge in [0, 0.05) is 12.8 Å². The normalized spacial score (nSPS) is 16.1. The van der Waals surface area contributed by atoms with Crippen molar-refractivity contribution in [3.63, 3.8) is 0 Å². The maximum absolute atomic E-state index is 10.8. The molecule has 2 N–H and O–H groups in total. The highest BCUT2D eigenvalue weighted by atomic mass is 16.4. The summed E-state index contributed by atoms with van der Waals surface area (Å²) in [5, 5.41) is 17.9. The molecule has 0 aromatic rings. The summed E-state index contributed by atoms with van der Waals surface area (Å²) in [6.45, 7) is 3.23. The van der Waals surface area contributed by atoms with Gasteiger partial charge in [0.15, 0.2) is 6.29 Å². The van der Waals surface area contributed by atoms with Gasteiger partial charge in [-0.3, -0.25) is 9.79 Å². The van der Waals surface area contributed by atoms with Gasteiger partial charge in [-0.15, -0.1) is 0 Å². The molecule has 0 saturated heterocycles. The van der Waals surface area contributed by atoms with Crippen LogP contribution in [0.5, 0.6) is 0 Å². The number of allylic oxidation sites excluding steroid dienone is 1. The Morgan fingerprint density at radius 2 is 2.43 bits per heavy atom. The topological polar surface area (TPSA) is 73.1 Å². The average molecular weight is 196 g/mol. The summed E-state index contributed by atoms with van der Waals surface area (Å²) in [4.78, 5) is 16.3. The first-order chi connectivity index (χ1) is 6.70. The van der Waals surface area contributed by atoms with Gasteiger partial charge in [-0.2, -0.15) is 0 Å². The van der Waals surface area contributed by atoms with Gasteiger partial charge in [-0.25, -0.2) is 0 Å². The molecule has 0 aromatic carbocycles. The molecule has 1 heterocycles. The molecule has 0 aromatic heterocycles. The minimum absolute atomic E-state index is 0.0275. The van der Waals surface area contributed by atoms with Crippen LogP contribution in [0.1, 0.15) is 13.3 Å². The SMILES string of the molecule is CCCN1CC=NC(B(O)O)=C1C=O. The highest BCUT2D eigenvalue weighted by Gasteiger charge is 2.24. The Labute approximate surface area is 82.9 Å². The predicted molar refractivity (Wildman–Crippen MR) is 53.6 cm³/mol. The molecule has 0 spiro atoms. The molecule has 1 aliphatic heterocycles. The Kier molecular flexibility index (Phi) is 3.85. The summed E-state index contributed by atoms with van der Waals surface area (Å²) in [5.74, 6) is 0. The molecule has 0 atom stereocenters. The van der Waals surface area contributed by atoms with Crippen LogP contribution in [-0.2, 0) is 4.79 Å². The first-order valence-corrected chi connectivity index (χ1v) is 4.53. The number of nitrogens with zero attached hydrogens (tertiary/aromatic N) is 2. The predicted octanol–water partition coefficient (Wildman–Crippen LogP) is -0.795. The molecular weight excluding hydrogens is 183 g/mol. The Morgan fingerprint density at radius 3 is 2.93 bits per heavy atom. The highest BCUT2D eigenvalue weighted by molar-refractivity contribution is 6.51. The van der Waals surface area contributed by atoms with E-state index in [1.807, 2.05) is 6.92 Å². The van der Waals surface area contributed by atoms with Crippen molar-refractivity contribution in [1.82, 2.24) is 4.90 Å². The van der Waals surface area contributed by atoms with Crippen LogP contribution in [0.2, 0.25) is 0 Å². The van der Waals surface area contributed by atoms with Crippen molar-refractivity contribution in [3.05, 3.63) is 11.3 Å². The van der Waals surface area contributed by atoms with E-state index in [1.165, 1.54) is 0 Å². The maximum Gasteiger partial charge on any atom is 0.510 e. The van der Waals surface area contributed by atoms with Crippen LogP contribution in [0.15, 0.2) is 16.3 Å². The molecule has 0 fully saturated rings. The zero-order valence-corrected chi connectivity index (χ0v) is 8.05. The zero-order chi connectivity index (χ0) is 10.6. The van der Waals surface area contributed by atoms with E-state index in [0.717, 1.165) is 6.42 Å². The minimum atomic E-state index is -1.69. The third-order valence-corrected chi connectivity index (χ3v) is 1.99. The van der Waals surface area contributed by atoms with Crippen LogP contribution in [0.3, 0.4) is 0 Å². The maximum atomic E-state index is 10.8. The van der Waals surface area contributed by atoms with Crippen molar-refractivity contribution in [2.45, 2.75) is 13.3 Å². The number of rotatable bonds is 4. The Morgan fingerprint density at radius 1 is 1.71 bits per heavy atom. The fraction of sp³-hybridized carbons (Fsp3) is 0.500. The molecule has 0 amide bonds. The number of carbonyl (C=O) groups is 1. The number of hydrogen-bond acceptors (Lipinski definition) is 5. The van der Waals surface area contributed by atoms with Gasteiger partial charge in [-0.1, -0.05) is 6.92 Å². The molecule has 5 nitrogen and oxygen atoms in total. The van der Waals surface area contributed by atoms with E-state index in [1.54, 1.807) is 11.1 Å². The van der Waals surface area contributed by atoms with Gasteiger partial charge >= 0.3 is 7.12 Å². The Bertz CT molecular complexity index is 276. The van der Waals surface area contributed by atoms with Crippen molar-refractivity contribution in [2.75, 3.05) is 13.1 Å². The van der Waals surface area contributed by atoms with Crippen molar-refractivity contribution >= 4 is 19.6 Å². The van der Waals surface area contributed by atoms with Crippen LogP contribution in [0, 0.1) is 0 Å². The summed E-state index contributed by atoms with van der Waals surface area (Å²) in [5.41, 5.74) is 0.295. The minimum Gasteiger partial charge on any atom is -0.422 e. The van der Waals surface area contributed by atoms with E-state index < -0.39 is 7.12 Å².